The Morgan fingerprint density at radius 1 is 0.570 bits per heavy atom. The van der Waals surface area contributed by atoms with E-state index in [0.29, 0.717) is 52.1 Å². The molecule has 4 aromatic rings. The predicted molar refractivity (Wildman–Crippen MR) is 429 cm³/mol. The lowest BCUT2D eigenvalue weighted by atomic mass is 9.82. The highest BCUT2D eigenvalue weighted by atomic mass is 35.5. The molecule has 0 spiro atoms. The fourth-order valence-corrected chi connectivity index (χ4v) is 15.1. The van der Waals surface area contributed by atoms with E-state index in [9.17, 15) is 57.9 Å². The SMILES string of the molecule is CCCCCCCCC(C)C(=O)[C@H]1CCC(=O)[C@H](CO)N(C)C(=O)[C@](N)([C@@H](C)O)CC(=O)[C@H](Cc2ccc(Cl)cc2)N(C)C(=O)[C@H](Cc2cccc(Cl)c2)NC(=O)[C@H](CC2=CCc3ccccc32)NC(=O)[C@H]([C@@H](C)O)NC(=O)[C@H](Cc2ccccc2)N(C)C(=O)[C@H](CCS(C)(=O)=O)NC(=O)[C@H]([C@@H](C)O)NC(=O)[C@H](CO)NC(=O)C1. The van der Waals surface area contributed by atoms with Gasteiger partial charge in [-0.15, -0.1) is 0 Å². The Kier molecular flexibility index (Phi) is 36.5. The number of Topliss-reactive ketones (excluding diaryl/α,β-unsaturated/α-hetero) is 3. The van der Waals surface area contributed by atoms with Gasteiger partial charge in [0.15, 0.2) is 11.6 Å². The van der Waals surface area contributed by atoms with E-state index < -0.39 is 221 Å². The minimum absolute atomic E-state index is 0.229. The molecule has 9 amide bonds. The van der Waals surface area contributed by atoms with E-state index in [1.54, 1.807) is 79.7 Å². The van der Waals surface area contributed by atoms with Gasteiger partial charge in [0.25, 0.3) is 0 Å². The van der Waals surface area contributed by atoms with Crippen molar-refractivity contribution in [2.24, 2.45) is 17.6 Å². The molecule has 1 aliphatic carbocycles. The number of carbonyl (C=O) groups excluding carboxylic acids is 12. The third-order valence-electron chi connectivity index (χ3n) is 21.2. The number of amides is 9. The molecule has 0 bridgehead atoms. The average molecular weight is 1640 g/mol. The first-order chi connectivity index (χ1) is 53.8. The fourth-order valence-electron chi connectivity index (χ4n) is 14.1. The van der Waals surface area contributed by atoms with Crippen molar-refractivity contribution in [3.63, 3.8) is 0 Å². The van der Waals surface area contributed by atoms with Crippen molar-refractivity contribution in [2.45, 2.75) is 222 Å². The monoisotopic (exact) mass is 1640 g/mol. The number of nitrogens with two attached hydrogens (primary N) is 1. The third-order valence-corrected chi connectivity index (χ3v) is 22.7. The summed E-state index contributed by atoms with van der Waals surface area (Å²) >= 11 is 12.9. The van der Waals surface area contributed by atoms with Crippen LogP contribution < -0.4 is 37.6 Å². The van der Waals surface area contributed by atoms with Crippen LogP contribution in [0.25, 0.3) is 5.57 Å². The van der Waals surface area contributed by atoms with Crippen molar-refractivity contribution < 1.29 is 91.5 Å². The summed E-state index contributed by atoms with van der Waals surface area (Å²) in [5.41, 5.74) is 7.64. The second-order valence-corrected chi connectivity index (χ2v) is 33.3. The van der Waals surface area contributed by atoms with Gasteiger partial charge in [0.2, 0.25) is 53.2 Å². The van der Waals surface area contributed by atoms with Gasteiger partial charge in [0, 0.05) is 87.8 Å². The van der Waals surface area contributed by atoms with Crippen LogP contribution in [0.15, 0.2) is 109 Å². The van der Waals surface area contributed by atoms with Crippen molar-refractivity contribution in [1.29, 1.82) is 0 Å². The molecule has 1 unspecified atom stereocenters. The van der Waals surface area contributed by atoms with E-state index in [2.05, 4.69) is 38.8 Å². The number of hydrogen-bond acceptors (Lipinski definition) is 20. The highest BCUT2D eigenvalue weighted by Crippen LogP contribution is 2.32. The van der Waals surface area contributed by atoms with Crippen LogP contribution in [0.5, 0.6) is 0 Å². The molecule has 0 radical (unpaired) electrons. The van der Waals surface area contributed by atoms with E-state index in [4.69, 9.17) is 28.9 Å². The number of nitrogens with one attached hydrogen (secondary N) is 6. The van der Waals surface area contributed by atoms with Crippen LogP contribution in [0.4, 0.5) is 0 Å². The molecule has 1 aliphatic heterocycles. The lowest BCUT2D eigenvalue weighted by Crippen LogP contribution is -2.65. The Balaban J connectivity index is 1.52. The molecular formula is C82H112Cl2N10O19S. The van der Waals surface area contributed by atoms with Crippen LogP contribution in [0.2, 0.25) is 10.0 Å². The largest absolute Gasteiger partial charge is 0.394 e. The average Bonchev–Trinajstić information content (AvgIpc) is 0.925. The minimum Gasteiger partial charge on any atom is -0.394 e. The number of carbonyl (C=O) groups is 12. The Morgan fingerprint density at radius 2 is 1.12 bits per heavy atom. The zero-order valence-electron chi connectivity index (χ0n) is 66.2. The van der Waals surface area contributed by atoms with E-state index >= 15 is 33.6 Å². The Bertz CT molecular complexity index is 4170. The number of ketones is 3. The van der Waals surface area contributed by atoms with E-state index in [-0.39, 0.29) is 30.7 Å². The van der Waals surface area contributed by atoms with Crippen LogP contribution >= 0.6 is 23.2 Å². The number of aliphatic hydroxyl groups excluding tert-OH is 5. The number of nitrogens with zero attached hydrogens (tertiary/aromatic N) is 3. The van der Waals surface area contributed by atoms with Crippen molar-refractivity contribution in [1.82, 2.24) is 46.6 Å². The highest BCUT2D eigenvalue weighted by Gasteiger charge is 2.48. The Labute approximate surface area is 676 Å². The first-order valence-corrected chi connectivity index (χ1v) is 41.4. The van der Waals surface area contributed by atoms with Gasteiger partial charge in [-0.2, -0.15) is 0 Å². The van der Waals surface area contributed by atoms with Crippen molar-refractivity contribution in [3.8, 4) is 0 Å². The number of allylic oxidation sites excluding steroid dienone is 1. The number of halogens is 2. The van der Waals surface area contributed by atoms with Gasteiger partial charge < -0.3 is 77.9 Å². The molecule has 13 N–H and O–H groups in total. The highest BCUT2D eigenvalue weighted by molar-refractivity contribution is 7.90. The summed E-state index contributed by atoms with van der Waals surface area (Å²) in [4.78, 5) is 182. The molecule has 0 saturated carbocycles. The molecule has 114 heavy (non-hydrogen) atoms. The van der Waals surface area contributed by atoms with Crippen LogP contribution in [-0.4, -0.2) is 244 Å². The molecule has 624 valence electrons. The zero-order valence-corrected chi connectivity index (χ0v) is 68.5. The minimum atomic E-state index is -3.96. The number of benzene rings is 4. The number of aliphatic hydroxyl groups is 5. The number of fused-ring (bicyclic) bond motifs is 1. The third kappa shape index (κ3) is 27.1. The van der Waals surface area contributed by atoms with E-state index in [1.807, 2.05) is 18.2 Å². The van der Waals surface area contributed by atoms with Gasteiger partial charge in [0.05, 0.1) is 43.3 Å². The molecule has 0 aromatic heterocycles. The zero-order chi connectivity index (χ0) is 84.5. The quantitative estimate of drug-likeness (QED) is 0.0424. The van der Waals surface area contributed by atoms with Gasteiger partial charge in [-0.05, 0) is 111 Å². The Hall–Kier alpha value is -8.85. The van der Waals surface area contributed by atoms with Crippen LogP contribution in [0, 0.1) is 11.8 Å². The van der Waals surface area contributed by atoms with Gasteiger partial charge in [-0.25, -0.2) is 8.42 Å². The second kappa shape index (κ2) is 44.3. The molecule has 32 heteroatoms. The summed E-state index contributed by atoms with van der Waals surface area (Å²) in [6.45, 7) is 4.85. The summed E-state index contributed by atoms with van der Waals surface area (Å²) in [5.74, 6) is -15.2. The summed E-state index contributed by atoms with van der Waals surface area (Å²) in [6, 6.07) is 11.7. The number of hydrogen-bond donors (Lipinski definition) is 12. The fraction of sp³-hybridized carbons (Fsp3) is 0.537. The molecule has 1 fully saturated rings. The lowest BCUT2D eigenvalue weighted by Gasteiger charge is -2.38. The maximum Gasteiger partial charge on any atom is 0.246 e. The molecule has 29 nitrogen and oxygen atoms in total. The van der Waals surface area contributed by atoms with Crippen LogP contribution in [0.1, 0.15) is 146 Å². The standard InChI is InChI=1S/C82H112Cl2N10O19S/c1-10-11-12-13-14-16-22-48(2)73(103)57-33-36-68(100)67(47-96)94(8)81(111)82(85,51(5)99)45-69(101)65(41-53-29-34-58(83)35-30-53)92(6)80(110)63(40-54-25-21-27-59(84)39-54)89-74(104)62(43-56-32-31-55-26-19-20-28-60(55)56)88-78(108)72(50(4)98)91-76(106)66(42-52-23-17-15-18-24-52)93(7)79(109)61(37-38-114(9,112)113)87-77(107)71(49(3)97)90-75(105)64(46-95)86-70(102)44-57/h15,17-21,23-30,32,34-35,39,48-51,57,61-67,71-72,95-99H,10-14,16,22,31,33,36-38,40-47,85H2,1-9H3,(H,86,102)(H,87,107)(H,88,108)(H,89,104)(H,90,105)(H,91,106)/t48?,49-,50-,51-,57+,61+,62+,63+,64+,65+,66+,67+,71+,72+,82-/m1/s1. The van der Waals surface area contributed by atoms with Gasteiger partial charge in [0.1, 0.15) is 69.5 Å². The topological polar surface area (TPSA) is 448 Å². The summed E-state index contributed by atoms with van der Waals surface area (Å²) < 4.78 is 25.7. The van der Waals surface area contributed by atoms with Gasteiger partial charge in [-0.1, -0.05) is 161 Å². The smallest absolute Gasteiger partial charge is 0.246 e. The molecule has 1 heterocycles. The molecular weight excluding hydrogens is 1530 g/mol. The first kappa shape index (κ1) is 94.0. The first-order valence-electron chi connectivity index (χ1n) is 38.6. The maximum atomic E-state index is 15.8. The van der Waals surface area contributed by atoms with Crippen molar-refractivity contribution >= 4 is 109 Å². The summed E-state index contributed by atoms with van der Waals surface area (Å²) in [5, 5.41) is 71.6. The number of sulfone groups is 1. The van der Waals surface area contributed by atoms with Crippen LogP contribution in [0.3, 0.4) is 0 Å². The number of unbranched alkanes of at least 4 members (excludes halogenated alkanes) is 5. The molecule has 15 atom stereocenters. The second-order valence-electron chi connectivity index (χ2n) is 30.2. The van der Waals surface area contributed by atoms with Gasteiger partial charge in [-0.3, -0.25) is 57.5 Å². The maximum absolute atomic E-state index is 15.8. The molecule has 6 rings (SSSR count). The van der Waals surface area contributed by atoms with Crippen LogP contribution in [-0.2, 0) is 93.1 Å². The molecule has 2 aliphatic rings. The molecule has 4 aromatic carbocycles. The Morgan fingerprint density at radius 3 is 1.73 bits per heavy atom. The number of likely N-dealkylation sites (N-methyl/N-ethyl adjacent to an activating group) is 3. The summed E-state index contributed by atoms with van der Waals surface area (Å²) in [6.07, 6.45) is -1.45. The summed E-state index contributed by atoms with van der Waals surface area (Å²) in [7, 11) is -0.467. The van der Waals surface area contributed by atoms with Crippen molar-refractivity contribution in [2.75, 3.05) is 46.4 Å². The van der Waals surface area contributed by atoms with E-state index in [1.165, 1.54) is 25.2 Å². The molecule has 1 saturated heterocycles. The normalized spacial score (nSPS) is 25.0. The number of rotatable bonds is 25. The lowest BCUT2D eigenvalue weighted by molar-refractivity contribution is -0.150. The van der Waals surface area contributed by atoms with E-state index in [0.717, 1.165) is 93.5 Å². The predicted octanol–water partition coefficient (Wildman–Crippen LogP) is 2.98. The van der Waals surface area contributed by atoms with Gasteiger partial charge >= 0.3 is 0 Å². The van der Waals surface area contributed by atoms with Crippen molar-refractivity contribution in [3.05, 3.63) is 147 Å².